The second kappa shape index (κ2) is 8.24. The van der Waals surface area contributed by atoms with Gasteiger partial charge in [0.25, 0.3) is 0 Å². The average molecular weight is 357 g/mol. The zero-order valence-electron chi connectivity index (χ0n) is 16.4. The molecule has 0 bridgehead atoms. The second-order valence-corrected chi connectivity index (χ2v) is 7.69. The lowest BCUT2D eigenvalue weighted by Crippen LogP contribution is -2.44. The van der Waals surface area contributed by atoms with Gasteiger partial charge in [0.1, 0.15) is 0 Å². The molecule has 1 saturated heterocycles. The second-order valence-electron chi connectivity index (χ2n) is 7.69. The van der Waals surface area contributed by atoms with Crippen LogP contribution < -0.4 is 5.32 Å². The predicted octanol–water partition coefficient (Wildman–Crippen LogP) is 4.18. The maximum absolute atomic E-state index is 12.9. The fourth-order valence-electron chi connectivity index (χ4n) is 4.30. The largest absolute Gasteiger partial charge is 0.339 e. The van der Waals surface area contributed by atoms with Gasteiger partial charge in [0.15, 0.2) is 0 Å². The van der Waals surface area contributed by atoms with Gasteiger partial charge in [-0.1, -0.05) is 39.0 Å². The number of likely N-dealkylation sites (tertiary alicyclic amines) is 1. The molecule has 2 amide bonds. The van der Waals surface area contributed by atoms with E-state index in [0.29, 0.717) is 12.5 Å². The van der Waals surface area contributed by atoms with Crippen LogP contribution in [0.25, 0.3) is 0 Å². The summed E-state index contributed by atoms with van der Waals surface area (Å²) in [4.78, 5) is 27.7. The van der Waals surface area contributed by atoms with Gasteiger partial charge in [-0.15, -0.1) is 0 Å². The van der Waals surface area contributed by atoms with Crippen LogP contribution in [0.4, 0.5) is 5.69 Å². The third-order valence-corrected chi connectivity index (χ3v) is 6.07. The SMILES string of the molecule is CCc1cccc(CC)c1NC(=O)C1CC1C(=O)N1CCCCC1CC. The van der Waals surface area contributed by atoms with E-state index < -0.39 is 0 Å². The maximum Gasteiger partial charge on any atom is 0.228 e. The van der Waals surface area contributed by atoms with Gasteiger partial charge in [-0.25, -0.2) is 0 Å². The Morgan fingerprint density at radius 1 is 1.08 bits per heavy atom. The van der Waals surface area contributed by atoms with E-state index in [4.69, 9.17) is 0 Å². The summed E-state index contributed by atoms with van der Waals surface area (Å²) < 4.78 is 0. The van der Waals surface area contributed by atoms with Gasteiger partial charge in [-0.3, -0.25) is 9.59 Å². The fraction of sp³-hybridized carbons (Fsp3) is 0.636. The smallest absolute Gasteiger partial charge is 0.228 e. The minimum absolute atomic E-state index is 0.0176. The lowest BCUT2D eigenvalue weighted by molar-refractivity contribution is -0.137. The molecular weight excluding hydrogens is 324 g/mol. The van der Waals surface area contributed by atoms with E-state index in [1.54, 1.807) is 0 Å². The summed E-state index contributed by atoms with van der Waals surface area (Å²) in [6.45, 7) is 7.23. The van der Waals surface area contributed by atoms with E-state index >= 15 is 0 Å². The first-order valence-corrected chi connectivity index (χ1v) is 10.3. The number of carbonyl (C=O) groups is 2. The molecule has 2 aliphatic rings. The van der Waals surface area contributed by atoms with E-state index in [0.717, 1.165) is 44.3 Å². The molecule has 142 valence electrons. The number of aryl methyl sites for hydroxylation is 2. The zero-order valence-corrected chi connectivity index (χ0v) is 16.4. The van der Waals surface area contributed by atoms with Crippen molar-refractivity contribution in [3.05, 3.63) is 29.3 Å². The number of rotatable bonds is 6. The molecule has 1 heterocycles. The van der Waals surface area contributed by atoms with Crippen molar-refractivity contribution in [3.63, 3.8) is 0 Å². The summed E-state index contributed by atoms with van der Waals surface area (Å²) in [5.41, 5.74) is 3.30. The summed E-state index contributed by atoms with van der Waals surface area (Å²) in [5, 5.41) is 3.15. The standard InChI is InChI=1S/C22H32N2O2/c1-4-15-10-9-11-16(5-2)20(15)23-21(25)18-14-19(18)22(26)24-13-8-7-12-17(24)6-3/h9-11,17-19H,4-8,12-14H2,1-3H3,(H,23,25). The molecule has 3 atom stereocenters. The van der Waals surface area contributed by atoms with Gasteiger partial charge < -0.3 is 10.2 Å². The Labute approximate surface area is 157 Å². The Hall–Kier alpha value is -1.84. The first-order valence-electron chi connectivity index (χ1n) is 10.3. The Morgan fingerprint density at radius 3 is 2.38 bits per heavy atom. The van der Waals surface area contributed by atoms with Crippen molar-refractivity contribution in [1.29, 1.82) is 0 Å². The van der Waals surface area contributed by atoms with Crippen molar-refractivity contribution in [3.8, 4) is 0 Å². The van der Waals surface area contributed by atoms with Crippen LogP contribution in [-0.4, -0.2) is 29.3 Å². The molecule has 0 aromatic heterocycles. The van der Waals surface area contributed by atoms with Gasteiger partial charge in [-0.2, -0.15) is 0 Å². The summed E-state index contributed by atoms with van der Waals surface area (Å²) in [6.07, 6.45) is 6.91. The minimum Gasteiger partial charge on any atom is -0.339 e. The van der Waals surface area contributed by atoms with Crippen molar-refractivity contribution < 1.29 is 9.59 Å². The first-order chi connectivity index (χ1) is 12.6. The highest BCUT2D eigenvalue weighted by atomic mass is 16.2. The lowest BCUT2D eigenvalue weighted by atomic mass is 9.99. The third-order valence-electron chi connectivity index (χ3n) is 6.07. The number of hydrogen-bond donors (Lipinski definition) is 1. The van der Waals surface area contributed by atoms with Crippen LogP contribution in [0.1, 0.15) is 64.0 Å². The number of benzene rings is 1. The molecule has 2 fully saturated rings. The Morgan fingerprint density at radius 2 is 1.77 bits per heavy atom. The highest BCUT2D eigenvalue weighted by Crippen LogP contribution is 2.42. The molecule has 1 aromatic rings. The zero-order chi connectivity index (χ0) is 18.7. The molecule has 1 N–H and O–H groups in total. The Bertz CT molecular complexity index is 648. The highest BCUT2D eigenvalue weighted by molar-refractivity contribution is 6.00. The molecule has 0 radical (unpaired) electrons. The Balaban J connectivity index is 1.65. The fourth-order valence-corrected chi connectivity index (χ4v) is 4.30. The molecular formula is C22H32N2O2. The molecule has 3 rings (SSSR count). The van der Waals surface area contributed by atoms with Crippen LogP contribution in [-0.2, 0) is 22.4 Å². The molecule has 4 heteroatoms. The van der Waals surface area contributed by atoms with Crippen LogP contribution in [0.2, 0.25) is 0 Å². The molecule has 26 heavy (non-hydrogen) atoms. The van der Waals surface area contributed by atoms with Gasteiger partial charge in [0.2, 0.25) is 11.8 Å². The normalized spacial score (nSPS) is 25.0. The van der Waals surface area contributed by atoms with E-state index in [1.807, 2.05) is 0 Å². The molecule has 1 aromatic carbocycles. The van der Waals surface area contributed by atoms with Gasteiger partial charge in [-0.05, 0) is 56.1 Å². The van der Waals surface area contributed by atoms with Crippen LogP contribution in [0.15, 0.2) is 18.2 Å². The molecule has 1 aliphatic carbocycles. The van der Waals surface area contributed by atoms with Gasteiger partial charge in [0, 0.05) is 18.3 Å². The number of para-hydroxylation sites is 1. The number of amides is 2. The van der Waals surface area contributed by atoms with E-state index in [-0.39, 0.29) is 23.7 Å². The molecule has 4 nitrogen and oxygen atoms in total. The quantitative estimate of drug-likeness (QED) is 0.831. The van der Waals surface area contributed by atoms with Crippen molar-refractivity contribution in [2.75, 3.05) is 11.9 Å². The number of anilines is 1. The van der Waals surface area contributed by atoms with Gasteiger partial charge in [0.05, 0.1) is 11.8 Å². The Kier molecular flexibility index (Phi) is 6.00. The predicted molar refractivity (Wildman–Crippen MR) is 105 cm³/mol. The van der Waals surface area contributed by atoms with E-state index in [2.05, 4.69) is 49.2 Å². The summed E-state index contributed by atoms with van der Waals surface area (Å²) in [6, 6.07) is 6.57. The van der Waals surface area contributed by atoms with Crippen LogP contribution >= 0.6 is 0 Å². The summed E-state index contributed by atoms with van der Waals surface area (Å²) in [7, 11) is 0. The minimum atomic E-state index is -0.156. The lowest BCUT2D eigenvalue weighted by Gasteiger charge is -2.35. The van der Waals surface area contributed by atoms with Crippen molar-refractivity contribution in [2.24, 2.45) is 11.8 Å². The number of nitrogens with one attached hydrogen (secondary N) is 1. The number of nitrogens with zero attached hydrogens (tertiary/aromatic N) is 1. The summed E-state index contributed by atoms with van der Waals surface area (Å²) in [5.74, 6) is -0.0437. The molecule has 3 unspecified atom stereocenters. The number of carbonyl (C=O) groups excluding carboxylic acids is 2. The number of piperidine rings is 1. The van der Waals surface area contributed by atoms with Crippen LogP contribution in [0, 0.1) is 11.8 Å². The van der Waals surface area contributed by atoms with E-state index in [1.165, 1.54) is 17.5 Å². The van der Waals surface area contributed by atoms with Crippen molar-refractivity contribution in [2.45, 2.75) is 71.8 Å². The van der Waals surface area contributed by atoms with Crippen molar-refractivity contribution >= 4 is 17.5 Å². The molecule has 0 spiro atoms. The topological polar surface area (TPSA) is 49.4 Å². The van der Waals surface area contributed by atoms with E-state index in [9.17, 15) is 9.59 Å². The van der Waals surface area contributed by atoms with Crippen molar-refractivity contribution in [1.82, 2.24) is 4.90 Å². The highest BCUT2D eigenvalue weighted by Gasteiger charge is 2.50. The molecule has 1 aliphatic heterocycles. The van der Waals surface area contributed by atoms with Crippen LogP contribution in [0.3, 0.4) is 0 Å². The number of hydrogen-bond acceptors (Lipinski definition) is 2. The first kappa shape index (κ1) is 18.9. The van der Waals surface area contributed by atoms with Crippen LogP contribution in [0.5, 0.6) is 0 Å². The monoisotopic (exact) mass is 356 g/mol. The maximum atomic E-state index is 12.9. The molecule has 1 saturated carbocycles. The van der Waals surface area contributed by atoms with Gasteiger partial charge >= 0.3 is 0 Å². The summed E-state index contributed by atoms with van der Waals surface area (Å²) >= 11 is 0. The average Bonchev–Trinajstić information content (AvgIpc) is 3.48. The third kappa shape index (κ3) is 3.79.